The summed E-state index contributed by atoms with van der Waals surface area (Å²) in [4.78, 5) is 21.2. The van der Waals surface area contributed by atoms with Gasteiger partial charge in [-0.15, -0.1) is 0 Å². The molecule has 0 atom stereocenters. The van der Waals surface area contributed by atoms with Crippen molar-refractivity contribution in [1.82, 2.24) is 0 Å². The van der Waals surface area contributed by atoms with Gasteiger partial charge in [0.05, 0.1) is 0 Å². The molecule has 104 valence electrons. The molecule has 0 N–H and O–H groups in total. The second-order valence-electron chi connectivity index (χ2n) is 4.02. The van der Waals surface area contributed by atoms with Crippen LogP contribution in [0.25, 0.3) is 0 Å². The third-order valence-corrected chi connectivity index (χ3v) is 2.22. The molecule has 0 fully saturated rings. The summed E-state index contributed by atoms with van der Waals surface area (Å²) in [6, 6.07) is 0. The lowest BCUT2D eigenvalue weighted by Crippen LogP contribution is -1.86. The fraction of sp³-hybridized carbons (Fsp3) is 0.625. The van der Waals surface area contributed by atoms with Gasteiger partial charge in [0.15, 0.2) is 11.6 Å². The smallest absolute Gasteiger partial charge is 0.155 e. The highest BCUT2D eigenvalue weighted by molar-refractivity contribution is 5.89. The highest BCUT2D eigenvalue weighted by Crippen LogP contribution is 1.90. The molecule has 0 aromatic heterocycles. The average molecular weight is 252 g/mol. The van der Waals surface area contributed by atoms with Crippen LogP contribution >= 0.6 is 0 Å². The van der Waals surface area contributed by atoms with Crippen LogP contribution in [0.4, 0.5) is 0 Å². The molecule has 0 spiro atoms. The third-order valence-electron chi connectivity index (χ3n) is 2.22. The van der Waals surface area contributed by atoms with Gasteiger partial charge in [-0.05, 0) is 25.0 Å². The van der Waals surface area contributed by atoms with E-state index in [0.717, 1.165) is 25.7 Å². The Balaban J connectivity index is 0. The summed E-state index contributed by atoms with van der Waals surface area (Å²) in [6.45, 7) is 7.94. The molecule has 0 amide bonds. The van der Waals surface area contributed by atoms with Gasteiger partial charge < -0.3 is 0 Å². The largest absolute Gasteiger partial charge is 0.295 e. The number of carbonyl (C=O) groups is 2. The Hall–Kier alpha value is -1.18. The van der Waals surface area contributed by atoms with Crippen molar-refractivity contribution < 1.29 is 9.59 Å². The molecule has 0 unspecified atom stereocenters. The Bertz CT molecular complexity index is 234. The van der Waals surface area contributed by atoms with Crippen LogP contribution in [0, 0.1) is 0 Å². The summed E-state index contributed by atoms with van der Waals surface area (Å²) >= 11 is 0. The van der Waals surface area contributed by atoms with E-state index >= 15 is 0 Å². The monoisotopic (exact) mass is 252 g/mol. The highest BCUT2D eigenvalue weighted by Gasteiger charge is 1.86. The quantitative estimate of drug-likeness (QED) is 0.589. The maximum Gasteiger partial charge on any atom is 0.155 e. The minimum atomic E-state index is 0.225. The molecular formula is C16H28O2. The molecular weight excluding hydrogens is 224 g/mol. The average Bonchev–Trinajstić information content (AvgIpc) is 2.39. The number of rotatable bonds is 8. The maximum absolute atomic E-state index is 10.6. The molecule has 2 nitrogen and oxygen atoms in total. The molecule has 0 aliphatic heterocycles. The molecule has 0 heterocycles. The van der Waals surface area contributed by atoms with E-state index in [-0.39, 0.29) is 11.6 Å². The van der Waals surface area contributed by atoms with E-state index in [0.29, 0.717) is 12.8 Å². The van der Waals surface area contributed by atoms with Crippen molar-refractivity contribution in [2.45, 2.75) is 66.2 Å². The first kappa shape index (κ1) is 19.2. The van der Waals surface area contributed by atoms with Crippen molar-refractivity contribution in [2.24, 2.45) is 0 Å². The Kier molecular flexibility index (Phi) is 16.8. The van der Waals surface area contributed by atoms with Crippen LogP contribution in [0.1, 0.15) is 66.2 Å². The van der Waals surface area contributed by atoms with Crippen molar-refractivity contribution in [2.75, 3.05) is 0 Å². The van der Waals surface area contributed by atoms with Crippen LogP contribution in [0.2, 0.25) is 0 Å². The lowest BCUT2D eigenvalue weighted by Gasteiger charge is -1.83. The second-order valence-corrected chi connectivity index (χ2v) is 4.02. The van der Waals surface area contributed by atoms with Gasteiger partial charge in [0.2, 0.25) is 0 Å². The third kappa shape index (κ3) is 17.2. The van der Waals surface area contributed by atoms with Crippen LogP contribution in [-0.2, 0) is 9.59 Å². The Morgan fingerprint density at radius 2 is 1.06 bits per heavy atom. The maximum atomic E-state index is 10.6. The molecule has 0 radical (unpaired) electrons. The van der Waals surface area contributed by atoms with Gasteiger partial charge in [-0.1, -0.05) is 52.7 Å². The van der Waals surface area contributed by atoms with Gasteiger partial charge >= 0.3 is 0 Å². The zero-order chi connectivity index (χ0) is 14.2. The minimum absolute atomic E-state index is 0.225. The molecule has 18 heavy (non-hydrogen) atoms. The molecule has 0 aromatic carbocycles. The number of hydrogen-bond acceptors (Lipinski definition) is 2. The topological polar surface area (TPSA) is 34.1 Å². The molecule has 2 heteroatoms. The van der Waals surface area contributed by atoms with E-state index in [1.165, 1.54) is 0 Å². The van der Waals surface area contributed by atoms with E-state index in [9.17, 15) is 9.59 Å². The minimum Gasteiger partial charge on any atom is -0.295 e. The fourth-order valence-corrected chi connectivity index (χ4v) is 0.999. The first-order chi connectivity index (χ1) is 8.62. The lowest BCUT2D eigenvalue weighted by molar-refractivity contribution is -0.115. The molecule has 0 aliphatic rings. The van der Waals surface area contributed by atoms with E-state index in [1.54, 1.807) is 12.2 Å². The van der Waals surface area contributed by atoms with Gasteiger partial charge in [-0.2, -0.15) is 0 Å². The number of hydrogen-bond donors (Lipinski definition) is 0. The predicted molar refractivity (Wildman–Crippen MR) is 78.7 cm³/mol. The van der Waals surface area contributed by atoms with Crippen molar-refractivity contribution in [3.05, 3.63) is 24.3 Å². The molecule has 0 saturated heterocycles. The molecule has 0 aliphatic carbocycles. The predicted octanol–water partition coefficient (Wildman–Crippen LogP) is 4.64. The Morgan fingerprint density at radius 3 is 1.28 bits per heavy atom. The summed E-state index contributed by atoms with van der Waals surface area (Å²) in [5.41, 5.74) is 0. The van der Waals surface area contributed by atoms with Gasteiger partial charge in [0.1, 0.15) is 0 Å². The first-order valence-corrected chi connectivity index (χ1v) is 7.00. The molecule has 0 bridgehead atoms. The van der Waals surface area contributed by atoms with E-state index in [2.05, 4.69) is 13.8 Å². The standard InChI is InChI=1S/2C8H14O/c2*1-3-5-6-7-8(9)4-2/h2*6-7H,3-5H2,1-2H3. The number of unbranched alkanes of at least 4 members (excludes halogenated alkanes) is 2. The number of carbonyl (C=O) groups excluding carboxylic acids is 2. The Labute approximate surface area is 112 Å². The zero-order valence-electron chi connectivity index (χ0n) is 12.4. The van der Waals surface area contributed by atoms with Crippen LogP contribution in [0.3, 0.4) is 0 Å². The van der Waals surface area contributed by atoms with Gasteiger partial charge in [-0.3, -0.25) is 9.59 Å². The van der Waals surface area contributed by atoms with Crippen molar-refractivity contribution in [3.8, 4) is 0 Å². The highest BCUT2D eigenvalue weighted by atomic mass is 16.1. The Morgan fingerprint density at radius 1 is 0.722 bits per heavy atom. The number of allylic oxidation sites excluding steroid dienone is 4. The van der Waals surface area contributed by atoms with Gasteiger partial charge in [0.25, 0.3) is 0 Å². The van der Waals surface area contributed by atoms with E-state index < -0.39 is 0 Å². The second kappa shape index (κ2) is 15.8. The van der Waals surface area contributed by atoms with Crippen LogP contribution in [-0.4, -0.2) is 11.6 Å². The first-order valence-electron chi connectivity index (χ1n) is 7.00. The van der Waals surface area contributed by atoms with E-state index in [1.807, 2.05) is 26.0 Å². The summed E-state index contributed by atoms with van der Waals surface area (Å²) in [7, 11) is 0. The van der Waals surface area contributed by atoms with Crippen molar-refractivity contribution in [3.63, 3.8) is 0 Å². The molecule has 0 saturated carbocycles. The van der Waals surface area contributed by atoms with Crippen molar-refractivity contribution >= 4 is 11.6 Å². The van der Waals surface area contributed by atoms with Gasteiger partial charge in [-0.25, -0.2) is 0 Å². The van der Waals surface area contributed by atoms with Crippen molar-refractivity contribution in [1.29, 1.82) is 0 Å². The summed E-state index contributed by atoms with van der Waals surface area (Å²) in [5.74, 6) is 0.451. The van der Waals surface area contributed by atoms with E-state index in [4.69, 9.17) is 0 Å². The SMILES string of the molecule is CCCC=CC(=O)CC.CCCC=CC(=O)CC. The van der Waals surface area contributed by atoms with Crippen LogP contribution in [0.15, 0.2) is 24.3 Å². The zero-order valence-corrected chi connectivity index (χ0v) is 12.4. The molecule has 0 rings (SSSR count). The molecule has 0 aromatic rings. The van der Waals surface area contributed by atoms with Crippen LogP contribution in [0.5, 0.6) is 0 Å². The van der Waals surface area contributed by atoms with Gasteiger partial charge in [0, 0.05) is 12.8 Å². The summed E-state index contributed by atoms with van der Waals surface area (Å²) in [6.07, 6.45) is 12.7. The normalized spacial score (nSPS) is 10.4. The fourth-order valence-electron chi connectivity index (χ4n) is 0.999. The summed E-state index contributed by atoms with van der Waals surface area (Å²) in [5, 5.41) is 0. The van der Waals surface area contributed by atoms with Crippen LogP contribution < -0.4 is 0 Å². The number of ketones is 2. The lowest BCUT2D eigenvalue weighted by atomic mass is 10.2. The summed E-state index contributed by atoms with van der Waals surface area (Å²) < 4.78 is 0.